The van der Waals surface area contributed by atoms with Crippen molar-refractivity contribution in [1.82, 2.24) is 10.2 Å². The fourth-order valence-electron chi connectivity index (χ4n) is 1.35. The molecule has 1 aromatic carbocycles. The summed E-state index contributed by atoms with van der Waals surface area (Å²) in [5.74, 6) is 0.530. The summed E-state index contributed by atoms with van der Waals surface area (Å²) < 4.78 is 0. The van der Waals surface area contributed by atoms with Crippen LogP contribution in [0.2, 0.25) is 5.15 Å². The fourth-order valence-corrected chi connectivity index (χ4v) is 1.45. The quantitative estimate of drug-likeness (QED) is 0.506. The van der Waals surface area contributed by atoms with E-state index in [1.807, 2.05) is 31.2 Å². The second-order valence-corrected chi connectivity index (χ2v) is 4.06. The summed E-state index contributed by atoms with van der Waals surface area (Å²) >= 11 is 5.64. The number of nitrogens with two attached hydrogens (primary N) is 1. The Bertz CT molecular complexity index is 565. The van der Waals surface area contributed by atoms with Crippen LogP contribution >= 0.6 is 11.6 Å². The monoisotopic (exact) mass is 261 g/mol. The molecule has 2 aromatic rings. The normalized spacial score (nSPS) is 11.3. The lowest BCUT2D eigenvalue weighted by atomic mass is 10.1. The van der Waals surface area contributed by atoms with Gasteiger partial charge in [0.05, 0.1) is 5.71 Å². The average Bonchev–Trinajstić information content (AvgIpc) is 2.38. The van der Waals surface area contributed by atoms with Crippen LogP contribution in [0.15, 0.2) is 41.5 Å². The predicted molar refractivity (Wildman–Crippen MR) is 73.7 cm³/mol. The highest BCUT2D eigenvalue weighted by molar-refractivity contribution is 6.29. The molecule has 3 N–H and O–H groups in total. The van der Waals surface area contributed by atoms with Crippen LogP contribution in [0.1, 0.15) is 12.5 Å². The number of rotatable bonds is 3. The number of nitrogen functional groups attached to an aromatic ring is 1. The van der Waals surface area contributed by atoms with Gasteiger partial charge < -0.3 is 5.73 Å². The molecule has 2 rings (SSSR count). The Morgan fingerprint density at radius 2 is 2.11 bits per heavy atom. The molecule has 0 fully saturated rings. The molecule has 0 spiro atoms. The maximum atomic E-state index is 5.71. The molecular formula is C12H12ClN5. The van der Waals surface area contributed by atoms with Crippen LogP contribution < -0.4 is 11.2 Å². The van der Waals surface area contributed by atoms with E-state index in [0.717, 1.165) is 11.3 Å². The molecule has 5 nitrogen and oxygen atoms in total. The van der Waals surface area contributed by atoms with Crippen molar-refractivity contribution in [2.24, 2.45) is 5.10 Å². The molecule has 0 saturated heterocycles. The van der Waals surface area contributed by atoms with E-state index >= 15 is 0 Å². The highest BCUT2D eigenvalue weighted by atomic mass is 35.5. The second kappa shape index (κ2) is 5.46. The van der Waals surface area contributed by atoms with Crippen LogP contribution in [0.25, 0.3) is 0 Å². The van der Waals surface area contributed by atoms with E-state index in [9.17, 15) is 0 Å². The summed E-state index contributed by atoms with van der Waals surface area (Å²) in [6.07, 6.45) is 0. The number of nitrogens with one attached hydrogen (secondary N) is 1. The third-order valence-corrected chi connectivity index (χ3v) is 2.48. The molecule has 0 aliphatic carbocycles. The minimum Gasteiger partial charge on any atom is -0.399 e. The zero-order valence-corrected chi connectivity index (χ0v) is 10.5. The molecule has 0 unspecified atom stereocenters. The highest BCUT2D eigenvalue weighted by Crippen LogP contribution is 2.09. The number of hydrogen-bond acceptors (Lipinski definition) is 5. The lowest BCUT2D eigenvalue weighted by molar-refractivity contribution is 1.02. The molecule has 6 heteroatoms. The molecule has 0 saturated carbocycles. The number of anilines is 2. The predicted octanol–water partition coefficient (Wildman–Crippen LogP) is 2.55. The van der Waals surface area contributed by atoms with Crippen molar-refractivity contribution in [3.05, 3.63) is 47.1 Å². The van der Waals surface area contributed by atoms with Crippen LogP contribution in [0, 0.1) is 0 Å². The molecule has 1 aromatic heterocycles. The van der Waals surface area contributed by atoms with Gasteiger partial charge >= 0.3 is 0 Å². The Hall–Kier alpha value is -2.14. The van der Waals surface area contributed by atoms with E-state index in [1.54, 1.807) is 12.1 Å². The van der Waals surface area contributed by atoms with E-state index < -0.39 is 0 Å². The molecule has 0 radical (unpaired) electrons. The Morgan fingerprint density at radius 3 is 2.78 bits per heavy atom. The van der Waals surface area contributed by atoms with Crippen molar-refractivity contribution in [2.45, 2.75) is 6.92 Å². The van der Waals surface area contributed by atoms with Crippen LogP contribution in [-0.2, 0) is 0 Å². The Kier molecular flexibility index (Phi) is 3.74. The first kappa shape index (κ1) is 12.3. The Morgan fingerprint density at radius 1 is 1.28 bits per heavy atom. The topological polar surface area (TPSA) is 76.2 Å². The highest BCUT2D eigenvalue weighted by Gasteiger charge is 1.98. The molecule has 0 aliphatic rings. The molecule has 0 atom stereocenters. The summed E-state index contributed by atoms with van der Waals surface area (Å²) in [5, 5.41) is 12.1. The summed E-state index contributed by atoms with van der Waals surface area (Å²) in [7, 11) is 0. The van der Waals surface area contributed by atoms with Gasteiger partial charge in [-0.3, -0.25) is 5.43 Å². The van der Waals surface area contributed by atoms with Gasteiger partial charge in [-0.1, -0.05) is 23.7 Å². The molecule has 0 aliphatic heterocycles. The van der Waals surface area contributed by atoms with Crippen LogP contribution in [-0.4, -0.2) is 15.9 Å². The van der Waals surface area contributed by atoms with Gasteiger partial charge in [0.15, 0.2) is 11.0 Å². The standard InChI is InChI=1S/C12H12ClN5/c1-8(9-3-2-4-10(14)7-9)15-17-12-6-5-11(13)16-18-12/h2-7H,14H2,1H3,(H,17,18)/b15-8+. The third-order valence-electron chi connectivity index (χ3n) is 2.27. The number of hydrogen-bond donors (Lipinski definition) is 2. The van der Waals surface area contributed by atoms with Gasteiger partial charge in [0, 0.05) is 5.69 Å². The van der Waals surface area contributed by atoms with Crippen molar-refractivity contribution in [3.8, 4) is 0 Å². The van der Waals surface area contributed by atoms with Crippen LogP contribution in [0.4, 0.5) is 11.5 Å². The maximum Gasteiger partial charge on any atom is 0.168 e. The number of nitrogens with zero attached hydrogens (tertiary/aromatic N) is 3. The van der Waals surface area contributed by atoms with Crippen molar-refractivity contribution in [1.29, 1.82) is 0 Å². The summed E-state index contributed by atoms with van der Waals surface area (Å²) in [6.45, 7) is 1.88. The second-order valence-electron chi connectivity index (χ2n) is 3.68. The van der Waals surface area contributed by atoms with E-state index in [-0.39, 0.29) is 0 Å². The molecule has 0 bridgehead atoms. The zero-order valence-electron chi connectivity index (χ0n) is 9.76. The first-order valence-electron chi connectivity index (χ1n) is 5.30. The molecule has 92 valence electrons. The van der Waals surface area contributed by atoms with Gasteiger partial charge in [-0.05, 0) is 36.8 Å². The minimum absolute atomic E-state index is 0.345. The number of benzene rings is 1. The van der Waals surface area contributed by atoms with Crippen molar-refractivity contribution < 1.29 is 0 Å². The number of hydrazone groups is 1. The van der Waals surface area contributed by atoms with Gasteiger partial charge in [-0.2, -0.15) is 5.10 Å². The molecular weight excluding hydrogens is 250 g/mol. The smallest absolute Gasteiger partial charge is 0.168 e. The zero-order chi connectivity index (χ0) is 13.0. The van der Waals surface area contributed by atoms with Crippen LogP contribution in [0.3, 0.4) is 0 Å². The third kappa shape index (κ3) is 3.18. The lowest BCUT2D eigenvalue weighted by Crippen LogP contribution is -2.02. The van der Waals surface area contributed by atoms with Gasteiger partial charge in [-0.15, -0.1) is 10.2 Å². The summed E-state index contributed by atoms with van der Waals surface area (Å²) in [5.41, 5.74) is 11.0. The Labute approximate surface area is 110 Å². The summed E-state index contributed by atoms with van der Waals surface area (Å²) in [4.78, 5) is 0. The largest absolute Gasteiger partial charge is 0.399 e. The van der Waals surface area contributed by atoms with Gasteiger partial charge in [0.25, 0.3) is 0 Å². The van der Waals surface area contributed by atoms with Crippen LogP contribution in [0.5, 0.6) is 0 Å². The Balaban J connectivity index is 2.11. The fraction of sp³-hybridized carbons (Fsp3) is 0.0833. The number of aromatic nitrogens is 2. The molecule has 0 amide bonds. The number of halogens is 1. The van der Waals surface area contributed by atoms with E-state index in [0.29, 0.717) is 16.7 Å². The van der Waals surface area contributed by atoms with Gasteiger partial charge in [-0.25, -0.2) is 0 Å². The van der Waals surface area contributed by atoms with E-state index in [1.165, 1.54) is 0 Å². The lowest BCUT2D eigenvalue weighted by Gasteiger charge is -2.03. The van der Waals surface area contributed by atoms with E-state index in [2.05, 4.69) is 20.7 Å². The SMILES string of the molecule is C/C(=N\Nc1ccc(Cl)nn1)c1cccc(N)c1. The van der Waals surface area contributed by atoms with Crippen molar-refractivity contribution in [2.75, 3.05) is 11.2 Å². The minimum atomic E-state index is 0.345. The molecule has 1 heterocycles. The van der Waals surface area contributed by atoms with Gasteiger partial charge in [0.2, 0.25) is 0 Å². The van der Waals surface area contributed by atoms with Crippen molar-refractivity contribution in [3.63, 3.8) is 0 Å². The van der Waals surface area contributed by atoms with E-state index in [4.69, 9.17) is 17.3 Å². The summed E-state index contributed by atoms with van der Waals surface area (Å²) in [6, 6.07) is 10.8. The van der Waals surface area contributed by atoms with Gasteiger partial charge in [0.1, 0.15) is 0 Å². The average molecular weight is 262 g/mol. The molecule has 18 heavy (non-hydrogen) atoms. The maximum absolute atomic E-state index is 5.71. The van der Waals surface area contributed by atoms with Crippen molar-refractivity contribution >= 4 is 28.8 Å². The first-order chi connectivity index (χ1) is 8.65. The first-order valence-corrected chi connectivity index (χ1v) is 5.68.